The fraction of sp³-hybridized carbons (Fsp3) is 0.860. The van der Waals surface area contributed by atoms with Crippen LogP contribution in [0.5, 0.6) is 0 Å². The lowest BCUT2D eigenvalue weighted by Crippen LogP contribution is -2.29. The van der Waals surface area contributed by atoms with Crippen LogP contribution >= 0.6 is 7.82 Å². The van der Waals surface area contributed by atoms with Gasteiger partial charge in [-0.1, -0.05) is 141 Å². The molecule has 2 atom stereocenters. The molecule has 0 aliphatic rings. The molecule has 0 aliphatic carbocycles. The Morgan fingerprint density at radius 1 is 0.566 bits per heavy atom. The van der Waals surface area contributed by atoms with Crippen LogP contribution in [0.15, 0.2) is 24.3 Å². The molecular formula is C43H82NO8P. The predicted molar refractivity (Wildman–Crippen MR) is 220 cm³/mol. The highest BCUT2D eigenvalue weighted by atomic mass is 31.2. The Morgan fingerprint density at radius 3 is 1.42 bits per heavy atom. The second-order valence-electron chi connectivity index (χ2n) is 14.3. The Morgan fingerprint density at radius 2 is 0.981 bits per heavy atom. The van der Waals surface area contributed by atoms with Gasteiger partial charge in [0.05, 0.1) is 13.2 Å². The summed E-state index contributed by atoms with van der Waals surface area (Å²) in [5.41, 5.74) is 0. The fourth-order valence-corrected chi connectivity index (χ4v) is 6.82. The molecule has 0 aromatic heterocycles. The molecule has 0 amide bonds. The zero-order valence-electron chi connectivity index (χ0n) is 34.7. The molecule has 10 heteroatoms. The normalized spacial score (nSPS) is 13.5. The molecule has 0 aromatic carbocycles. The minimum atomic E-state index is -3.86. The number of rotatable bonds is 41. The van der Waals surface area contributed by atoms with Crippen LogP contribution in [-0.2, 0) is 37.2 Å². The average Bonchev–Trinajstić information content (AvgIpc) is 3.16. The third-order valence-electron chi connectivity index (χ3n) is 9.26. The van der Waals surface area contributed by atoms with Gasteiger partial charge in [0.2, 0.25) is 0 Å². The molecule has 0 spiro atoms. The molecule has 0 saturated heterocycles. The van der Waals surface area contributed by atoms with Crippen LogP contribution in [-0.4, -0.2) is 58.6 Å². The van der Waals surface area contributed by atoms with Gasteiger partial charge >= 0.3 is 19.8 Å². The zero-order valence-corrected chi connectivity index (χ0v) is 35.6. The number of nitrogens with one attached hydrogen (secondary N) is 1. The van der Waals surface area contributed by atoms with E-state index in [0.717, 1.165) is 70.6 Å². The molecule has 0 radical (unpaired) electrons. The van der Waals surface area contributed by atoms with E-state index in [2.05, 4.69) is 43.5 Å². The van der Waals surface area contributed by atoms with Crippen molar-refractivity contribution in [3.05, 3.63) is 24.3 Å². The van der Waals surface area contributed by atoms with Gasteiger partial charge in [-0.25, -0.2) is 4.57 Å². The fourth-order valence-electron chi connectivity index (χ4n) is 5.88. The molecule has 0 aliphatic heterocycles. The minimum absolute atomic E-state index is 0.118. The number of phosphoric acid groups is 1. The van der Waals surface area contributed by atoms with Crippen molar-refractivity contribution in [2.75, 3.05) is 40.5 Å². The molecule has 0 saturated carbocycles. The number of hydrogen-bond donors (Lipinski definition) is 1. The van der Waals surface area contributed by atoms with Crippen molar-refractivity contribution < 1.29 is 37.2 Å². The van der Waals surface area contributed by atoms with Crippen molar-refractivity contribution in [2.24, 2.45) is 0 Å². The number of phosphoric ester groups is 1. The van der Waals surface area contributed by atoms with E-state index >= 15 is 0 Å². The van der Waals surface area contributed by atoms with Crippen LogP contribution in [0, 0.1) is 0 Å². The highest BCUT2D eigenvalue weighted by molar-refractivity contribution is 7.48. The van der Waals surface area contributed by atoms with Gasteiger partial charge in [0.15, 0.2) is 6.10 Å². The van der Waals surface area contributed by atoms with Gasteiger partial charge in [0.1, 0.15) is 6.61 Å². The van der Waals surface area contributed by atoms with Gasteiger partial charge in [-0.05, 0) is 71.3 Å². The second kappa shape index (κ2) is 40.2. The van der Waals surface area contributed by atoms with Crippen molar-refractivity contribution >= 4 is 19.8 Å². The molecular weight excluding hydrogens is 689 g/mol. The first-order valence-corrected chi connectivity index (χ1v) is 23.1. The Bertz CT molecular complexity index is 928. The third kappa shape index (κ3) is 37.2. The summed E-state index contributed by atoms with van der Waals surface area (Å²) in [7, 11) is -0.868. The van der Waals surface area contributed by atoms with Gasteiger partial charge in [-0.3, -0.25) is 23.2 Å². The van der Waals surface area contributed by atoms with E-state index < -0.39 is 19.9 Å². The highest BCUT2D eigenvalue weighted by Gasteiger charge is 2.28. The van der Waals surface area contributed by atoms with Crippen LogP contribution in [0.2, 0.25) is 0 Å². The van der Waals surface area contributed by atoms with Crippen LogP contribution in [0.25, 0.3) is 0 Å². The van der Waals surface area contributed by atoms with Crippen molar-refractivity contribution in [3.63, 3.8) is 0 Å². The number of ether oxygens (including phenoxy) is 2. The van der Waals surface area contributed by atoms with Crippen LogP contribution < -0.4 is 5.32 Å². The summed E-state index contributed by atoms with van der Waals surface area (Å²) in [6.07, 6.45) is 39.7. The summed E-state index contributed by atoms with van der Waals surface area (Å²) >= 11 is 0. The summed E-state index contributed by atoms with van der Waals surface area (Å²) in [6, 6.07) is 0. The van der Waals surface area contributed by atoms with Crippen molar-refractivity contribution in [1.82, 2.24) is 5.32 Å². The van der Waals surface area contributed by atoms with Crippen molar-refractivity contribution in [3.8, 4) is 0 Å². The molecule has 0 rings (SSSR count). The molecule has 0 aromatic rings. The topological polar surface area (TPSA) is 109 Å². The molecule has 53 heavy (non-hydrogen) atoms. The van der Waals surface area contributed by atoms with E-state index in [9.17, 15) is 14.2 Å². The van der Waals surface area contributed by atoms with E-state index in [-0.39, 0.29) is 32.2 Å². The standard InChI is InChI=1S/C43H82NO8P/c1-5-7-9-11-13-15-17-19-21-23-25-27-29-31-33-35-42(45)49-39-41(40-51-53(47,48-4)50-38-37-44-3)52-43(46)36-34-32-30-28-26-24-22-20-18-16-14-12-10-8-6-2/h19-22,41,44H,5-18,23-40H2,1-4H3/b21-19+,22-20+. The summed E-state index contributed by atoms with van der Waals surface area (Å²) in [6.45, 7) is 4.63. The van der Waals surface area contributed by atoms with Gasteiger partial charge in [-0.15, -0.1) is 0 Å². The molecule has 312 valence electrons. The van der Waals surface area contributed by atoms with Crippen LogP contribution in [0.1, 0.15) is 194 Å². The number of hydrogen-bond acceptors (Lipinski definition) is 9. The molecule has 0 bridgehead atoms. The average molecular weight is 772 g/mol. The summed E-state index contributed by atoms with van der Waals surface area (Å²) < 4.78 is 39.6. The number of likely N-dealkylation sites (N-methyl/N-ethyl adjacent to an activating group) is 1. The lowest BCUT2D eigenvalue weighted by atomic mass is 10.1. The third-order valence-corrected chi connectivity index (χ3v) is 10.7. The maximum atomic E-state index is 12.8. The van der Waals surface area contributed by atoms with E-state index in [4.69, 9.17) is 23.0 Å². The van der Waals surface area contributed by atoms with E-state index in [1.807, 2.05) is 0 Å². The largest absolute Gasteiger partial charge is 0.474 e. The van der Waals surface area contributed by atoms with Gasteiger partial charge < -0.3 is 14.8 Å². The summed E-state index contributed by atoms with van der Waals surface area (Å²) in [5, 5.41) is 2.90. The zero-order chi connectivity index (χ0) is 38.9. The van der Waals surface area contributed by atoms with Crippen molar-refractivity contribution in [1.29, 1.82) is 0 Å². The monoisotopic (exact) mass is 772 g/mol. The maximum absolute atomic E-state index is 12.8. The van der Waals surface area contributed by atoms with Gasteiger partial charge in [0.25, 0.3) is 0 Å². The first kappa shape index (κ1) is 51.5. The highest BCUT2D eigenvalue weighted by Crippen LogP contribution is 2.48. The molecule has 0 heterocycles. The first-order chi connectivity index (χ1) is 25.9. The number of carbonyl (C=O) groups is 2. The summed E-state index contributed by atoms with van der Waals surface area (Å²) in [4.78, 5) is 25.2. The van der Waals surface area contributed by atoms with E-state index in [0.29, 0.717) is 13.0 Å². The molecule has 2 unspecified atom stereocenters. The Kier molecular flexibility index (Phi) is 39.0. The molecule has 1 N–H and O–H groups in total. The Hall–Kier alpha value is -1.51. The SMILES string of the molecule is CCCCCCCC/C=C/CCCCCCCC(=O)OCC(COP(=O)(OC)OCCNC)OC(=O)CCCCCCC/C=C/CCCCCCCC. The number of unbranched alkanes of at least 4 members (excludes halogenated alkanes) is 22. The second-order valence-corrected chi connectivity index (χ2v) is 16.1. The molecule has 0 fully saturated rings. The predicted octanol–water partition coefficient (Wildman–Crippen LogP) is 12.5. The number of allylic oxidation sites excluding steroid dienone is 4. The smallest absolute Gasteiger partial charge is 0.462 e. The van der Waals surface area contributed by atoms with E-state index in [1.54, 1.807) is 7.05 Å². The first-order valence-electron chi connectivity index (χ1n) is 21.6. The lowest BCUT2D eigenvalue weighted by molar-refractivity contribution is -0.161. The van der Waals surface area contributed by atoms with E-state index in [1.165, 1.54) is 103 Å². The number of esters is 2. The Balaban J connectivity index is 4.35. The lowest BCUT2D eigenvalue weighted by Gasteiger charge is -2.21. The molecule has 9 nitrogen and oxygen atoms in total. The van der Waals surface area contributed by atoms with Gasteiger partial charge in [0, 0.05) is 26.5 Å². The minimum Gasteiger partial charge on any atom is -0.462 e. The van der Waals surface area contributed by atoms with Crippen molar-refractivity contribution in [2.45, 2.75) is 200 Å². The van der Waals surface area contributed by atoms with Crippen LogP contribution in [0.4, 0.5) is 0 Å². The maximum Gasteiger partial charge on any atom is 0.474 e. The van der Waals surface area contributed by atoms with Gasteiger partial charge in [-0.2, -0.15) is 0 Å². The quantitative estimate of drug-likeness (QED) is 0.0281. The van der Waals surface area contributed by atoms with Crippen LogP contribution in [0.3, 0.4) is 0 Å². The number of carbonyl (C=O) groups excluding carboxylic acids is 2. The Labute approximate surface area is 326 Å². The summed E-state index contributed by atoms with van der Waals surface area (Å²) in [5.74, 6) is -0.742.